The zero-order valence-electron chi connectivity index (χ0n) is 27.1. The normalized spacial score (nSPS) is 21.5. The molecule has 47 heavy (non-hydrogen) atoms. The van der Waals surface area contributed by atoms with E-state index in [1.54, 1.807) is 0 Å². The van der Waals surface area contributed by atoms with E-state index in [0.717, 1.165) is 78.6 Å². The Morgan fingerprint density at radius 2 is 1.57 bits per heavy atom. The van der Waals surface area contributed by atoms with Crippen molar-refractivity contribution in [2.45, 2.75) is 95.5 Å². The molecule has 1 amide bonds. The summed E-state index contributed by atoms with van der Waals surface area (Å²) in [7, 11) is 0. The zero-order chi connectivity index (χ0) is 33.0. The molecule has 0 spiro atoms. The van der Waals surface area contributed by atoms with Gasteiger partial charge in [-0.1, -0.05) is 79.6 Å². The van der Waals surface area contributed by atoms with Crippen molar-refractivity contribution in [1.29, 1.82) is 0 Å². The number of aliphatic carboxylic acids is 1. The number of carbonyl (C=O) groups is 2. The molecule has 2 saturated heterocycles. The summed E-state index contributed by atoms with van der Waals surface area (Å²) in [5.74, 6) is -0.772. The summed E-state index contributed by atoms with van der Waals surface area (Å²) in [6, 6.07) is 24.5. The molecule has 3 aromatic carbocycles. The third kappa shape index (κ3) is 10.2. The van der Waals surface area contributed by atoms with Crippen LogP contribution in [0.4, 0.5) is 0 Å². The zero-order valence-corrected chi connectivity index (χ0v) is 27.1. The van der Waals surface area contributed by atoms with Gasteiger partial charge >= 0.3 is 5.97 Å². The van der Waals surface area contributed by atoms with Crippen molar-refractivity contribution in [3.05, 3.63) is 95.1 Å². The van der Waals surface area contributed by atoms with E-state index in [-0.39, 0.29) is 43.8 Å². The number of unbranched alkanes of at least 4 members (excludes halogenated alkanes) is 3. The lowest BCUT2D eigenvalue weighted by Crippen LogP contribution is -2.42. The van der Waals surface area contributed by atoms with Gasteiger partial charge in [0.2, 0.25) is 5.91 Å². The van der Waals surface area contributed by atoms with Crippen LogP contribution in [0.15, 0.2) is 72.8 Å². The highest BCUT2D eigenvalue weighted by atomic mass is 16.7. The number of benzene rings is 3. The minimum absolute atomic E-state index is 0.000383. The summed E-state index contributed by atoms with van der Waals surface area (Å²) >= 11 is 0. The molecule has 0 radical (unpaired) electrons. The number of nitrogens with zero attached hydrogens (tertiary/aromatic N) is 1. The smallest absolute Gasteiger partial charge is 0.303 e. The average molecular weight is 645 g/mol. The third-order valence-electron chi connectivity index (χ3n) is 9.24. The lowest BCUT2D eigenvalue weighted by Gasteiger charge is -2.38. The Bertz CT molecular complexity index is 1430. The number of rotatable bonds is 16. The van der Waals surface area contributed by atoms with Crippen LogP contribution in [-0.4, -0.2) is 63.9 Å². The van der Waals surface area contributed by atoms with Gasteiger partial charge in [0.1, 0.15) is 0 Å². The topological polar surface area (TPSA) is 129 Å². The molecule has 2 fully saturated rings. The number of ether oxygens (including phenoxy) is 2. The Morgan fingerprint density at radius 1 is 0.830 bits per heavy atom. The van der Waals surface area contributed by atoms with Crippen LogP contribution < -0.4 is 5.32 Å². The first-order chi connectivity index (χ1) is 22.9. The molecule has 4 unspecified atom stereocenters. The molecule has 9 heteroatoms. The summed E-state index contributed by atoms with van der Waals surface area (Å²) in [5.41, 5.74) is 5.96. The largest absolute Gasteiger partial charge is 0.481 e. The SMILES string of the molecule is O=C(O)CCCCCCC(=O)NCc1cccc(-c2ccc(C3OC(CN4CCCC4CO)CC(c4ccc(CO)cc4)O3)cc2)c1. The number of likely N-dealkylation sites (tertiary alicyclic amines) is 1. The molecule has 0 aliphatic carbocycles. The van der Waals surface area contributed by atoms with Gasteiger partial charge in [0.25, 0.3) is 0 Å². The van der Waals surface area contributed by atoms with E-state index in [1.165, 1.54) is 0 Å². The van der Waals surface area contributed by atoms with Gasteiger partial charge in [-0.25, -0.2) is 0 Å². The van der Waals surface area contributed by atoms with Crippen LogP contribution >= 0.6 is 0 Å². The molecule has 0 saturated carbocycles. The van der Waals surface area contributed by atoms with Crippen LogP contribution in [0.25, 0.3) is 11.1 Å². The van der Waals surface area contributed by atoms with Crippen LogP contribution in [0.3, 0.4) is 0 Å². The van der Waals surface area contributed by atoms with E-state index in [1.807, 2.05) is 48.5 Å². The van der Waals surface area contributed by atoms with Crippen LogP contribution in [-0.2, 0) is 32.2 Å². The molecule has 2 heterocycles. The van der Waals surface area contributed by atoms with Crippen molar-refractivity contribution in [3.8, 4) is 11.1 Å². The summed E-state index contributed by atoms with van der Waals surface area (Å²) in [4.78, 5) is 25.3. The molecule has 4 atom stereocenters. The van der Waals surface area contributed by atoms with Crippen LogP contribution in [0.1, 0.15) is 92.4 Å². The van der Waals surface area contributed by atoms with E-state index in [4.69, 9.17) is 14.6 Å². The standard InChI is InChI=1S/C38H48N2O7/c41-25-27-12-14-30(15-13-27)35-22-34(24-40-20-6-9-33(40)26-42)46-38(47-35)31-18-16-29(17-19-31)32-8-5-7-28(21-32)23-39-36(43)10-3-1-2-4-11-37(44)45/h5,7-8,12-19,21,33-35,38,41-42H,1-4,6,9-11,20,22-26H2,(H,39,43)(H,44,45). The molecular formula is C38H48N2O7. The van der Waals surface area contributed by atoms with Gasteiger partial charge in [-0.05, 0) is 66.1 Å². The highest BCUT2D eigenvalue weighted by Crippen LogP contribution is 2.39. The second-order valence-electron chi connectivity index (χ2n) is 12.7. The molecule has 4 N–H and O–H groups in total. The summed E-state index contributed by atoms with van der Waals surface area (Å²) in [6.45, 7) is 2.31. The summed E-state index contributed by atoms with van der Waals surface area (Å²) in [5, 5.41) is 31.1. The van der Waals surface area contributed by atoms with Crippen LogP contribution in [0.5, 0.6) is 0 Å². The van der Waals surface area contributed by atoms with Gasteiger partial charge < -0.3 is 30.1 Å². The number of carboxylic acids is 1. The van der Waals surface area contributed by atoms with E-state index in [2.05, 4.69) is 34.5 Å². The fourth-order valence-electron chi connectivity index (χ4n) is 6.53. The minimum Gasteiger partial charge on any atom is -0.481 e. The van der Waals surface area contributed by atoms with E-state index >= 15 is 0 Å². The monoisotopic (exact) mass is 644 g/mol. The summed E-state index contributed by atoms with van der Waals surface area (Å²) < 4.78 is 13.1. The van der Waals surface area contributed by atoms with Crippen LogP contribution in [0.2, 0.25) is 0 Å². The molecule has 2 aliphatic heterocycles. The van der Waals surface area contributed by atoms with Gasteiger partial charge in [0, 0.05) is 44.0 Å². The molecular weight excluding hydrogens is 596 g/mol. The Labute approximate surface area is 277 Å². The number of nitrogens with one attached hydrogen (secondary N) is 1. The number of carbonyl (C=O) groups excluding carboxylic acids is 1. The number of hydrogen-bond donors (Lipinski definition) is 4. The number of amides is 1. The van der Waals surface area contributed by atoms with Gasteiger partial charge in [-0.2, -0.15) is 0 Å². The van der Waals surface area contributed by atoms with Crippen molar-refractivity contribution in [2.75, 3.05) is 19.7 Å². The van der Waals surface area contributed by atoms with Gasteiger partial charge in [-0.3, -0.25) is 14.5 Å². The lowest BCUT2D eigenvalue weighted by molar-refractivity contribution is -0.253. The summed E-state index contributed by atoms with van der Waals surface area (Å²) in [6.07, 6.45) is 5.72. The highest BCUT2D eigenvalue weighted by molar-refractivity contribution is 5.76. The first-order valence-corrected chi connectivity index (χ1v) is 16.9. The maximum atomic E-state index is 12.3. The van der Waals surface area contributed by atoms with Gasteiger partial charge in [0.15, 0.2) is 6.29 Å². The van der Waals surface area contributed by atoms with Crippen molar-refractivity contribution >= 4 is 11.9 Å². The Balaban J connectivity index is 1.20. The van der Waals surface area contributed by atoms with E-state index in [9.17, 15) is 19.8 Å². The third-order valence-corrected chi connectivity index (χ3v) is 9.24. The van der Waals surface area contributed by atoms with Gasteiger partial charge in [-0.15, -0.1) is 0 Å². The number of aliphatic hydroxyl groups excluding tert-OH is 2. The van der Waals surface area contributed by atoms with E-state index in [0.29, 0.717) is 25.8 Å². The fourth-order valence-corrected chi connectivity index (χ4v) is 6.53. The first-order valence-electron chi connectivity index (χ1n) is 16.9. The maximum absolute atomic E-state index is 12.3. The van der Waals surface area contributed by atoms with Gasteiger partial charge in [0.05, 0.1) is 25.4 Å². The molecule has 3 aromatic rings. The second kappa shape index (κ2) is 17.5. The fraction of sp³-hybridized carbons (Fsp3) is 0.474. The molecule has 0 bridgehead atoms. The Kier molecular flexibility index (Phi) is 12.9. The lowest BCUT2D eigenvalue weighted by atomic mass is 9.98. The predicted octanol–water partition coefficient (Wildman–Crippen LogP) is 5.89. The number of carboxylic acid groups (broad SMARTS) is 1. The Morgan fingerprint density at radius 3 is 2.30 bits per heavy atom. The second-order valence-corrected chi connectivity index (χ2v) is 12.7. The molecule has 0 aromatic heterocycles. The number of aliphatic hydroxyl groups is 2. The van der Waals surface area contributed by atoms with Crippen molar-refractivity contribution in [3.63, 3.8) is 0 Å². The van der Waals surface area contributed by atoms with Crippen molar-refractivity contribution in [2.24, 2.45) is 0 Å². The quantitative estimate of drug-likeness (QED) is 0.142. The number of hydrogen-bond acceptors (Lipinski definition) is 7. The van der Waals surface area contributed by atoms with E-state index < -0.39 is 12.3 Å². The average Bonchev–Trinajstić information content (AvgIpc) is 3.55. The minimum atomic E-state index is -0.774. The molecule has 9 nitrogen and oxygen atoms in total. The Hall–Kier alpha value is -3.60. The predicted molar refractivity (Wildman–Crippen MR) is 179 cm³/mol. The first kappa shape index (κ1) is 34.7. The van der Waals surface area contributed by atoms with Crippen molar-refractivity contribution < 1.29 is 34.4 Å². The molecule has 252 valence electrons. The highest BCUT2D eigenvalue weighted by Gasteiger charge is 2.35. The van der Waals surface area contributed by atoms with Crippen molar-refractivity contribution in [1.82, 2.24) is 10.2 Å². The maximum Gasteiger partial charge on any atom is 0.303 e. The van der Waals surface area contributed by atoms with Crippen LogP contribution in [0, 0.1) is 0 Å². The molecule has 2 aliphatic rings. The molecule has 5 rings (SSSR count).